The number of aliphatic imine (C=N–C) groups is 1. The number of amidine groups is 1. The number of nitrogens with zero attached hydrogens (tertiary/aromatic N) is 2. The first-order chi connectivity index (χ1) is 8.04. The summed E-state index contributed by atoms with van der Waals surface area (Å²) in [6.45, 7) is 10.1. The van der Waals surface area contributed by atoms with E-state index in [0.717, 1.165) is 30.4 Å². The third-order valence-electron chi connectivity index (χ3n) is 3.19. The van der Waals surface area contributed by atoms with Crippen LogP contribution in [0.15, 0.2) is 4.99 Å². The van der Waals surface area contributed by atoms with Crippen LogP contribution in [0.1, 0.15) is 34.1 Å². The Morgan fingerprint density at radius 1 is 1.47 bits per heavy atom. The highest BCUT2D eigenvalue weighted by Crippen LogP contribution is 2.25. The molecule has 1 N–H and O–H groups in total. The average Bonchev–Trinajstić information content (AvgIpc) is 2.71. The number of amides is 1. The van der Waals surface area contributed by atoms with E-state index in [9.17, 15) is 4.79 Å². The molecule has 1 atom stereocenters. The number of thioether (sulfide) groups is 1. The van der Waals surface area contributed by atoms with Gasteiger partial charge in [0.2, 0.25) is 5.91 Å². The molecule has 0 aromatic heterocycles. The maximum absolute atomic E-state index is 11.8. The van der Waals surface area contributed by atoms with Crippen molar-refractivity contribution in [3.05, 3.63) is 0 Å². The van der Waals surface area contributed by atoms with E-state index in [2.05, 4.69) is 24.2 Å². The van der Waals surface area contributed by atoms with Gasteiger partial charge in [0, 0.05) is 24.4 Å². The van der Waals surface area contributed by atoms with E-state index in [4.69, 9.17) is 0 Å². The van der Waals surface area contributed by atoms with Crippen LogP contribution in [-0.4, -0.2) is 46.9 Å². The Labute approximate surface area is 108 Å². The van der Waals surface area contributed by atoms with Gasteiger partial charge in [0.05, 0.1) is 0 Å². The minimum Gasteiger partial charge on any atom is -0.359 e. The summed E-state index contributed by atoms with van der Waals surface area (Å²) < 4.78 is 0. The largest absolute Gasteiger partial charge is 0.359 e. The van der Waals surface area contributed by atoms with E-state index in [1.54, 1.807) is 11.8 Å². The Morgan fingerprint density at radius 3 is 2.59 bits per heavy atom. The molecule has 0 radical (unpaired) electrons. The molecule has 5 heteroatoms. The second-order valence-corrected chi connectivity index (χ2v) is 5.48. The van der Waals surface area contributed by atoms with Gasteiger partial charge in [-0.2, -0.15) is 0 Å². The molecule has 0 spiro atoms. The number of likely N-dealkylation sites (N-methyl/N-ethyl adjacent to an activating group) is 1. The van der Waals surface area contributed by atoms with Gasteiger partial charge in [-0.1, -0.05) is 18.7 Å². The number of hydrogen-bond acceptors (Lipinski definition) is 3. The minimum atomic E-state index is 0.106. The van der Waals surface area contributed by atoms with Crippen LogP contribution < -0.4 is 5.32 Å². The fourth-order valence-electron chi connectivity index (χ4n) is 1.65. The van der Waals surface area contributed by atoms with Crippen molar-refractivity contribution in [2.24, 2.45) is 4.99 Å². The first-order valence-corrected chi connectivity index (χ1v) is 7.26. The number of carbonyl (C=O) groups is 1. The van der Waals surface area contributed by atoms with Crippen LogP contribution in [0, 0.1) is 0 Å². The van der Waals surface area contributed by atoms with E-state index in [0.29, 0.717) is 0 Å². The smallest absolute Gasteiger partial charge is 0.244 e. The van der Waals surface area contributed by atoms with E-state index < -0.39 is 0 Å². The van der Waals surface area contributed by atoms with Crippen molar-refractivity contribution in [2.45, 2.75) is 39.7 Å². The summed E-state index contributed by atoms with van der Waals surface area (Å²) in [5, 5.41) is 4.30. The lowest BCUT2D eigenvalue weighted by Gasteiger charge is -2.21. The number of rotatable bonds is 5. The van der Waals surface area contributed by atoms with Crippen molar-refractivity contribution in [2.75, 3.05) is 25.4 Å². The normalized spacial score (nSPS) is 26.0. The lowest BCUT2D eigenvalue weighted by atomic mass is 10.0. The molecule has 0 bridgehead atoms. The van der Waals surface area contributed by atoms with Crippen LogP contribution in [0.4, 0.5) is 0 Å². The summed E-state index contributed by atoms with van der Waals surface area (Å²) in [5.74, 6) is 1.14. The molecule has 1 aliphatic rings. The summed E-state index contributed by atoms with van der Waals surface area (Å²) in [5.41, 5.74) is 0.141. The highest BCUT2D eigenvalue weighted by atomic mass is 32.2. The van der Waals surface area contributed by atoms with Gasteiger partial charge in [-0.25, -0.2) is 0 Å². The minimum absolute atomic E-state index is 0.106. The van der Waals surface area contributed by atoms with E-state index >= 15 is 0 Å². The van der Waals surface area contributed by atoms with Crippen LogP contribution in [0.2, 0.25) is 0 Å². The zero-order valence-electron chi connectivity index (χ0n) is 11.2. The van der Waals surface area contributed by atoms with Crippen LogP contribution in [-0.2, 0) is 4.79 Å². The first-order valence-electron chi connectivity index (χ1n) is 6.27. The standard InChI is InChI=1S/C12H23N3OS/c1-5-12(4)9-17-11(14-12)13-8-10(16)15(6-2)7-3/h5-9H2,1-4H3,(H,13,14). The molecule has 0 aromatic carbocycles. The molecule has 1 aliphatic heterocycles. The zero-order valence-corrected chi connectivity index (χ0v) is 12.1. The van der Waals surface area contributed by atoms with Crippen molar-refractivity contribution >= 4 is 22.8 Å². The number of carbonyl (C=O) groups excluding carboxylic acids is 1. The summed E-state index contributed by atoms with van der Waals surface area (Å²) in [4.78, 5) is 17.9. The molecule has 1 fully saturated rings. The predicted molar refractivity (Wildman–Crippen MR) is 74.5 cm³/mol. The molecular weight excluding hydrogens is 234 g/mol. The van der Waals surface area contributed by atoms with Gasteiger partial charge in [-0.15, -0.1) is 0 Å². The molecule has 1 heterocycles. The van der Waals surface area contributed by atoms with Crippen LogP contribution in [0.3, 0.4) is 0 Å². The molecule has 1 rings (SSSR count). The highest BCUT2D eigenvalue weighted by molar-refractivity contribution is 8.14. The molecule has 17 heavy (non-hydrogen) atoms. The Morgan fingerprint density at radius 2 is 2.12 bits per heavy atom. The van der Waals surface area contributed by atoms with E-state index in [1.165, 1.54) is 0 Å². The topological polar surface area (TPSA) is 44.7 Å². The van der Waals surface area contributed by atoms with Gasteiger partial charge in [0.25, 0.3) is 0 Å². The number of hydrogen-bond donors (Lipinski definition) is 1. The van der Waals surface area contributed by atoms with Crippen molar-refractivity contribution in [1.29, 1.82) is 0 Å². The second kappa shape index (κ2) is 6.28. The fourth-order valence-corrected chi connectivity index (χ4v) is 2.86. The second-order valence-electron chi connectivity index (χ2n) is 4.52. The maximum atomic E-state index is 11.8. The summed E-state index contributed by atoms with van der Waals surface area (Å²) in [6, 6.07) is 0. The Kier molecular flexibility index (Phi) is 5.31. The van der Waals surface area contributed by atoms with Gasteiger partial charge in [-0.3, -0.25) is 9.79 Å². The lowest BCUT2D eigenvalue weighted by molar-refractivity contribution is -0.129. The van der Waals surface area contributed by atoms with Gasteiger partial charge in [0.15, 0.2) is 5.17 Å². The lowest BCUT2D eigenvalue weighted by Crippen LogP contribution is -2.40. The molecule has 1 unspecified atom stereocenters. The molecule has 4 nitrogen and oxygen atoms in total. The van der Waals surface area contributed by atoms with Crippen LogP contribution >= 0.6 is 11.8 Å². The summed E-state index contributed by atoms with van der Waals surface area (Å²) >= 11 is 1.71. The van der Waals surface area contributed by atoms with Gasteiger partial charge in [0.1, 0.15) is 6.54 Å². The predicted octanol–water partition coefficient (Wildman–Crippen LogP) is 1.72. The van der Waals surface area contributed by atoms with Crippen LogP contribution in [0.5, 0.6) is 0 Å². The highest BCUT2D eigenvalue weighted by Gasteiger charge is 2.30. The van der Waals surface area contributed by atoms with Crippen LogP contribution in [0.25, 0.3) is 0 Å². The Hall–Kier alpha value is -0.710. The van der Waals surface area contributed by atoms with E-state index in [-0.39, 0.29) is 18.0 Å². The quantitative estimate of drug-likeness (QED) is 0.815. The Balaban J connectivity index is 2.48. The van der Waals surface area contributed by atoms with Crippen molar-refractivity contribution < 1.29 is 4.79 Å². The summed E-state index contributed by atoms with van der Waals surface area (Å²) in [7, 11) is 0. The third kappa shape index (κ3) is 3.91. The van der Waals surface area contributed by atoms with Crippen molar-refractivity contribution in [3.8, 4) is 0 Å². The van der Waals surface area contributed by atoms with Crippen molar-refractivity contribution in [1.82, 2.24) is 10.2 Å². The van der Waals surface area contributed by atoms with Gasteiger partial charge in [-0.05, 0) is 27.2 Å². The molecule has 1 amide bonds. The molecule has 0 saturated carbocycles. The monoisotopic (exact) mass is 257 g/mol. The molecule has 1 saturated heterocycles. The first kappa shape index (κ1) is 14.4. The van der Waals surface area contributed by atoms with Crippen molar-refractivity contribution in [3.63, 3.8) is 0 Å². The fraction of sp³-hybridized carbons (Fsp3) is 0.833. The van der Waals surface area contributed by atoms with Gasteiger partial charge >= 0.3 is 0 Å². The van der Waals surface area contributed by atoms with Gasteiger partial charge < -0.3 is 10.2 Å². The molecule has 0 aromatic rings. The molecule has 98 valence electrons. The average molecular weight is 257 g/mol. The Bertz CT molecular complexity index is 302. The summed E-state index contributed by atoms with van der Waals surface area (Å²) in [6.07, 6.45) is 1.07. The zero-order chi connectivity index (χ0) is 12.9. The maximum Gasteiger partial charge on any atom is 0.244 e. The molecule has 0 aliphatic carbocycles. The number of nitrogens with one attached hydrogen (secondary N) is 1. The van der Waals surface area contributed by atoms with E-state index in [1.807, 2.05) is 18.7 Å². The SMILES string of the molecule is CCN(CC)C(=O)CN=C1NC(C)(CC)CS1. The molecular formula is C12H23N3OS. The third-order valence-corrected chi connectivity index (χ3v) is 4.48.